The maximum Gasteiger partial charge on any atom is 0.257 e. The van der Waals surface area contributed by atoms with Crippen molar-refractivity contribution in [3.05, 3.63) is 35.9 Å². The Kier molecular flexibility index (Phi) is 4.26. The normalized spacial score (nSPS) is 19.2. The van der Waals surface area contributed by atoms with E-state index in [1.807, 2.05) is 0 Å². The van der Waals surface area contributed by atoms with Gasteiger partial charge in [-0.3, -0.25) is 4.90 Å². The van der Waals surface area contributed by atoms with E-state index in [2.05, 4.69) is 15.0 Å². The van der Waals surface area contributed by atoms with Crippen molar-refractivity contribution >= 4 is 0 Å². The van der Waals surface area contributed by atoms with Crippen LogP contribution in [0.15, 0.2) is 28.8 Å². The van der Waals surface area contributed by atoms with E-state index in [1.165, 1.54) is 12.1 Å². The van der Waals surface area contributed by atoms with Crippen LogP contribution >= 0.6 is 0 Å². The second-order valence-corrected chi connectivity index (χ2v) is 5.42. The van der Waals surface area contributed by atoms with Crippen molar-refractivity contribution in [2.75, 3.05) is 19.7 Å². The molecule has 1 aromatic carbocycles. The van der Waals surface area contributed by atoms with Crippen LogP contribution in [0.5, 0.6) is 0 Å². The summed E-state index contributed by atoms with van der Waals surface area (Å²) in [6, 6.07) is 6.00. The monoisotopic (exact) mass is 291 g/mol. The number of rotatable bonds is 5. The number of nitrogens with zero attached hydrogens (tertiary/aromatic N) is 3. The lowest BCUT2D eigenvalue weighted by Gasteiger charge is -2.12. The first-order chi connectivity index (χ1) is 10.2. The number of aliphatic hydroxyl groups is 1. The lowest BCUT2D eigenvalue weighted by Crippen LogP contribution is -2.21. The van der Waals surface area contributed by atoms with Crippen LogP contribution in [0.3, 0.4) is 0 Å². The van der Waals surface area contributed by atoms with Crippen LogP contribution < -0.4 is 0 Å². The van der Waals surface area contributed by atoms with E-state index < -0.39 is 0 Å². The van der Waals surface area contributed by atoms with E-state index >= 15 is 0 Å². The van der Waals surface area contributed by atoms with Gasteiger partial charge in [0.2, 0.25) is 0 Å². The quantitative estimate of drug-likeness (QED) is 0.914. The Hall–Kier alpha value is -1.79. The van der Waals surface area contributed by atoms with Crippen molar-refractivity contribution in [1.29, 1.82) is 0 Å². The van der Waals surface area contributed by atoms with Crippen LogP contribution in [-0.4, -0.2) is 39.8 Å². The SMILES string of the molecule is OCCC1CCN(Cc2noc(-c3ccc(F)cc3)n2)C1. The third-order valence-electron chi connectivity index (χ3n) is 3.83. The minimum atomic E-state index is -0.287. The van der Waals surface area contributed by atoms with Gasteiger partial charge in [0.15, 0.2) is 5.82 Å². The fourth-order valence-corrected chi connectivity index (χ4v) is 2.70. The smallest absolute Gasteiger partial charge is 0.257 e. The van der Waals surface area contributed by atoms with Crippen LogP contribution in [0.25, 0.3) is 11.5 Å². The Balaban J connectivity index is 1.62. The molecule has 0 radical (unpaired) electrons. The number of aliphatic hydroxyl groups excluding tert-OH is 1. The van der Waals surface area contributed by atoms with E-state index in [1.54, 1.807) is 12.1 Å². The van der Waals surface area contributed by atoms with Gasteiger partial charge in [-0.2, -0.15) is 4.98 Å². The predicted octanol–water partition coefficient (Wildman–Crippen LogP) is 2.08. The third-order valence-corrected chi connectivity index (χ3v) is 3.83. The molecule has 1 fully saturated rings. The maximum atomic E-state index is 12.9. The number of halogens is 1. The van der Waals surface area contributed by atoms with Gasteiger partial charge in [-0.05, 0) is 49.6 Å². The van der Waals surface area contributed by atoms with Crippen molar-refractivity contribution in [3.8, 4) is 11.5 Å². The minimum Gasteiger partial charge on any atom is -0.396 e. The molecule has 1 aliphatic rings. The topological polar surface area (TPSA) is 62.4 Å². The Labute approximate surface area is 122 Å². The highest BCUT2D eigenvalue weighted by Gasteiger charge is 2.23. The third kappa shape index (κ3) is 3.46. The molecule has 1 aliphatic heterocycles. The number of benzene rings is 1. The summed E-state index contributed by atoms with van der Waals surface area (Å²) in [7, 11) is 0. The largest absolute Gasteiger partial charge is 0.396 e. The molecule has 1 unspecified atom stereocenters. The Morgan fingerprint density at radius 2 is 2.14 bits per heavy atom. The molecule has 5 nitrogen and oxygen atoms in total. The second-order valence-electron chi connectivity index (χ2n) is 5.42. The highest BCUT2D eigenvalue weighted by molar-refractivity contribution is 5.52. The summed E-state index contributed by atoms with van der Waals surface area (Å²) < 4.78 is 18.1. The Morgan fingerprint density at radius 1 is 1.33 bits per heavy atom. The molecule has 112 valence electrons. The highest BCUT2D eigenvalue weighted by atomic mass is 19.1. The Bertz CT molecular complexity index is 585. The van der Waals surface area contributed by atoms with Crippen LogP contribution in [0.4, 0.5) is 4.39 Å². The number of hydrogen-bond acceptors (Lipinski definition) is 5. The molecule has 1 atom stereocenters. The van der Waals surface area contributed by atoms with Crippen LogP contribution in [-0.2, 0) is 6.54 Å². The van der Waals surface area contributed by atoms with Gasteiger partial charge in [-0.1, -0.05) is 5.16 Å². The maximum absolute atomic E-state index is 12.9. The standard InChI is InChI=1S/C15H18FN3O2/c16-13-3-1-12(2-4-13)15-17-14(18-21-15)10-19-7-5-11(9-19)6-8-20/h1-4,11,20H,5-10H2. The fraction of sp³-hybridized carbons (Fsp3) is 0.467. The first kappa shape index (κ1) is 14.2. The summed E-state index contributed by atoms with van der Waals surface area (Å²) in [6.45, 7) is 2.84. The lowest BCUT2D eigenvalue weighted by molar-refractivity contribution is 0.247. The van der Waals surface area contributed by atoms with Gasteiger partial charge < -0.3 is 9.63 Å². The summed E-state index contributed by atoms with van der Waals surface area (Å²) in [5.74, 6) is 1.32. The summed E-state index contributed by atoms with van der Waals surface area (Å²) in [5, 5.41) is 12.9. The van der Waals surface area contributed by atoms with Gasteiger partial charge in [0, 0.05) is 18.7 Å². The number of aromatic nitrogens is 2. The van der Waals surface area contributed by atoms with E-state index in [0.29, 0.717) is 24.2 Å². The summed E-state index contributed by atoms with van der Waals surface area (Å²) >= 11 is 0. The number of likely N-dealkylation sites (tertiary alicyclic amines) is 1. The summed E-state index contributed by atoms with van der Waals surface area (Å²) in [4.78, 5) is 6.62. The molecule has 0 spiro atoms. The van der Waals surface area contributed by atoms with E-state index in [0.717, 1.165) is 31.5 Å². The van der Waals surface area contributed by atoms with Gasteiger partial charge in [0.25, 0.3) is 5.89 Å². The van der Waals surface area contributed by atoms with Crippen molar-refractivity contribution in [1.82, 2.24) is 15.0 Å². The average molecular weight is 291 g/mol. The van der Waals surface area contributed by atoms with Crippen LogP contribution in [0.1, 0.15) is 18.7 Å². The molecular weight excluding hydrogens is 273 g/mol. The molecule has 2 heterocycles. The molecule has 1 N–H and O–H groups in total. The molecule has 0 amide bonds. The lowest BCUT2D eigenvalue weighted by atomic mass is 10.1. The molecule has 0 bridgehead atoms. The number of hydrogen-bond donors (Lipinski definition) is 1. The average Bonchev–Trinajstić information content (AvgIpc) is 3.11. The van der Waals surface area contributed by atoms with Gasteiger partial charge >= 0.3 is 0 Å². The predicted molar refractivity (Wildman–Crippen MR) is 74.8 cm³/mol. The van der Waals surface area contributed by atoms with E-state index in [4.69, 9.17) is 9.63 Å². The minimum absolute atomic E-state index is 0.245. The van der Waals surface area contributed by atoms with Crippen molar-refractivity contribution in [2.24, 2.45) is 5.92 Å². The van der Waals surface area contributed by atoms with Gasteiger partial charge in [-0.25, -0.2) is 4.39 Å². The van der Waals surface area contributed by atoms with Crippen molar-refractivity contribution < 1.29 is 14.0 Å². The summed E-state index contributed by atoms with van der Waals surface area (Å²) in [6.07, 6.45) is 1.95. The van der Waals surface area contributed by atoms with Gasteiger partial charge in [0.05, 0.1) is 6.54 Å². The second kappa shape index (κ2) is 6.32. The zero-order valence-corrected chi connectivity index (χ0v) is 11.7. The van der Waals surface area contributed by atoms with E-state index in [9.17, 15) is 4.39 Å². The molecule has 2 aromatic rings. The molecule has 1 aromatic heterocycles. The first-order valence-corrected chi connectivity index (χ1v) is 7.16. The molecular formula is C15H18FN3O2. The van der Waals surface area contributed by atoms with Crippen LogP contribution in [0.2, 0.25) is 0 Å². The first-order valence-electron chi connectivity index (χ1n) is 7.16. The zero-order chi connectivity index (χ0) is 14.7. The highest BCUT2D eigenvalue weighted by Crippen LogP contribution is 2.22. The van der Waals surface area contributed by atoms with Gasteiger partial charge in [-0.15, -0.1) is 0 Å². The molecule has 3 rings (SSSR count). The summed E-state index contributed by atoms with van der Waals surface area (Å²) in [5.41, 5.74) is 0.717. The molecule has 21 heavy (non-hydrogen) atoms. The Morgan fingerprint density at radius 3 is 2.90 bits per heavy atom. The zero-order valence-electron chi connectivity index (χ0n) is 11.7. The van der Waals surface area contributed by atoms with Crippen molar-refractivity contribution in [3.63, 3.8) is 0 Å². The molecule has 0 saturated carbocycles. The van der Waals surface area contributed by atoms with Crippen LogP contribution in [0, 0.1) is 11.7 Å². The van der Waals surface area contributed by atoms with Crippen molar-refractivity contribution in [2.45, 2.75) is 19.4 Å². The fourth-order valence-electron chi connectivity index (χ4n) is 2.70. The van der Waals surface area contributed by atoms with Gasteiger partial charge in [0.1, 0.15) is 5.82 Å². The molecule has 6 heteroatoms. The van der Waals surface area contributed by atoms with E-state index in [-0.39, 0.29) is 12.4 Å². The molecule has 0 aliphatic carbocycles. The molecule has 1 saturated heterocycles.